The lowest BCUT2D eigenvalue weighted by Gasteiger charge is -2.52. The molecule has 0 aromatic heterocycles. The van der Waals surface area contributed by atoms with E-state index in [1.54, 1.807) is 0 Å². The highest BCUT2D eigenvalue weighted by atomic mass is 16.8. The van der Waals surface area contributed by atoms with Crippen LogP contribution in [0, 0.1) is 0 Å². The third-order valence-corrected chi connectivity index (χ3v) is 17.8. The van der Waals surface area contributed by atoms with Gasteiger partial charge in [0, 0.05) is 136 Å². The van der Waals surface area contributed by atoms with Gasteiger partial charge in [-0.25, -0.2) is 0 Å². The average molecular weight is 1810 g/mol. The molecule has 30 atom stereocenters. The van der Waals surface area contributed by atoms with Crippen LogP contribution in [0.5, 0.6) is 0 Å². The summed E-state index contributed by atoms with van der Waals surface area (Å²) in [4.78, 5) is 253. The second-order valence-electron chi connectivity index (χ2n) is 28.3. The smallest absolute Gasteiger partial charge is 0.303 e. The molecule has 126 heavy (non-hydrogen) atoms. The molecule has 0 saturated carbocycles. The highest BCUT2D eigenvalue weighted by Gasteiger charge is 2.64. The van der Waals surface area contributed by atoms with Gasteiger partial charge in [0.15, 0.2) is 117 Å². The van der Waals surface area contributed by atoms with Crippen LogP contribution in [-0.4, -0.2) is 337 Å². The summed E-state index contributed by atoms with van der Waals surface area (Å²) >= 11 is 0. The number of nitrogens with zero attached hydrogens (tertiary/aromatic N) is 3. The standard InChI is InChI=1S/C74H99N3O49/c1-26(78)97-20-45-52(57(104-33(8)85)63(110-39(14)91)69(116-45)76-77-75)122-71-65(112-41(16)93)59(106-35(10)87)54(47(118-71)22-99-28(3)80)124-73-67(114-43(18)95)61(108-37(12)89)56(49(120-73)24-101-30(5)82)126-74-68(115-44(19)96)62(109-38(13)90)55(50(121-74)25-102-31(6)83)125-72-66(113-42(17)94)60(107-36(11)88)53(48(119-72)23-100-29(4)81)123-70-64(111-40(15)92)58(105-34(9)86)51(103-32(7)84)46(117-70)21-98-27(2)79/h45-74H,20-25H2,1-19H3/t45?,46?,47?,48?,49?,50?,51-,52-,53-,54-,55-,56-,57-,58-,59-,60-,61-,62-,63?,64?,65?,66?,67?,68?,69+,70-,71-,72-,73-,74-/m1/s1. The van der Waals surface area contributed by atoms with Gasteiger partial charge in [0.25, 0.3) is 0 Å². The van der Waals surface area contributed by atoms with Crippen LogP contribution in [0.25, 0.3) is 10.4 Å². The molecule has 0 spiro atoms. The van der Waals surface area contributed by atoms with E-state index < -0.39 is 337 Å². The van der Waals surface area contributed by atoms with E-state index in [-0.39, 0.29) is 0 Å². The van der Waals surface area contributed by atoms with Crippen molar-refractivity contribution in [1.29, 1.82) is 0 Å². The molecule has 12 unspecified atom stereocenters. The molecule has 0 N–H and O–H groups in total. The van der Waals surface area contributed by atoms with Gasteiger partial charge in [0.05, 0.1) is 0 Å². The molecule has 704 valence electrons. The molecule has 52 nitrogen and oxygen atoms in total. The quantitative estimate of drug-likeness (QED) is 0.0217. The number of azide groups is 1. The Morgan fingerprint density at radius 2 is 0.341 bits per heavy atom. The van der Waals surface area contributed by atoms with Crippen LogP contribution < -0.4 is 0 Å². The molecule has 0 radical (unpaired) electrons. The summed E-state index contributed by atoms with van der Waals surface area (Å²) in [6.45, 7) is 10.7. The summed E-state index contributed by atoms with van der Waals surface area (Å²) in [6.07, 6.45) is -63.9. The van der Waals surface area contributed by atoms with Gasteiger partial charge >= 0.3 is 113 Å². The van der Waals surface area contributed by atoms with E-state index in [1.807, 2.05) is 0 Å². The van der Waals surface area contributed by atoms with Crippen molar-refractivity contribution in [3.63, 3.8) is 0 Å². The molecule has 6 saturated heterocycles. The number of carbonyl (C=O) groups excluding carboxylic acids is 19. The lowest BCUT2D eigenvalue weighted by atomic mass is 9.94. The fraction of sp³-hybridized carbons (Fsp3) is 0.743. The van der Waals surface area contributed by atoms with Gasteiger partial charge in [-0.15, -0.1) is 0 Å². The summed E-state index contributed by atoms with van der Waals surface area (Å²) in [6, 6.07) is 0. The zero-order valence-corrected chi connectivity index (χ0v) is 71.4. The first kappa shape index (κ1) is 104. The maximum Gasteiger partial charge on any atom is 0.303 e. The second-order valence-corrected chi connectivity index (χ2v) is 28.3. The van der Waals surface area contributed by atoms with Gasteiger partial charge in [0.2, 0.25) is 0 Å². The Bertz CT molecular complexity index is 3970. The number of carbonyl (C=O) groups is 19. The molecule has 0 bridgehead atoms. The molecule has 52 heteroatoms. The molecule has 0 amide bonds. The Hall–Kier alpha value is -11.2. The number of ether oxygens (including phenoxy) is 30. The largest absolute Gasteiger partial charge is 0.463 e. The van der Waals surface area contributed by atoms with Crippen molar-refractivity contribution in [2.24, 2.45) is 5.11 Å². The Morgan fingerprint density at radius 1 is 0.198 bits per heavy atom. The predicted octanol–water partition coefficient (Wildman–Crippen LogP) is -1.94. The third-order valence-electron chi connectivity index (χ3n) is 17.8. The number of rotatable bonds is 36. The van der Waals surface area contributed by atoms with Crippen LogP contribution in [0.15, 0.2) is 5.11 Å². The fourth-order valence-electron chi connectivity index (χ4n) is 13.8. The predicted molar refractivity (Wildman–Crippen MR) is 387 cm³/mol. The first-order chi connectivity index (χ1) is 59.0. The van der Waals surface area contributed by atoms with Gasteiger partial charge in [-0.2, -0.15) is 0 Å². The molecule has 0 aromatic carbocycles. The Labute approximate surface area is 715 Å². The average Bonchev–Trinajstić information content (AvgIpc) is 0.761. The van der Waals surface area contributed by atoms with E-state index in [9.17, 15) is 96.6 Å². The Kier molecular flexibility index (Phi) is 39.4. The van der Waals surface area contributed by atoms with Crippen molar-refractivity contribution in [2.45, 2.75) is 316 Å². The zero-order valence-electron chi connectivity index (χ0n) is 71.4. The van der Waals surface area contributed by atoms with Crippen molar-refractivity contribution in [3.05, 3.63) is 10.4 Å². The molecular formula is C74H99N3O49. The molecule has 0 aromatic rings. The van der Waals surface area contributed by atoms with Gasteiger partial charge in [-0.05, 0) is 5.53 Å². The van der Waals surface area contributed by atoms with E-state index in [4.69, 9.17) is 142 Å². The maximum atomic E-state index is 13.8. The fourth-order valence-corrected chi connectivity index (χ4v) is 13.8. The van der Waals surface area contributed by atoms with E-state index in [2.05, 4.69) is 10.0 Å². The van der Waals surface area contributed by atoms with E-state index >= 15 is 0 Å². The summed E-state index contributed by atoms with van der Waals surface area (Å²) in [5.74, 6) is -21.8. The molecular weight excluding hydrogens is 1710 g/mol. The van der Waals surface area contributed by atoms with Crippen LogP contribution in [0.2, 0.25) is 0 Å². The number of hydrogen-bond donors (Lipinski definition) is 0. The van der Waals surface area contributed by atoms with Crippen LogP contribution in [-0.2, 0) is 233 Å². The van der Waals surface area contributed by atoms with Crippen LogP contribution in [0.4, 0.5) is 0 Å². The monoisotopic (exact) mass is 1810 g/mol. The molecule has 6 rings (SSSR count). The molecule has 6 heterocycles. The molecule has 6 aliphatic heterocycles. The summed E-state index contributed by atoms with van der Waals surface area (Å²) in [7, 11) is 0. The van der Waals surface area contributed by atoms with Gasteiger partial charge in [0.1, 0.15) is 107 Å². The molecule has 0 aliphatic carbocycles. The topological polar surface area (TPSA) is 650 Å². The molecule has 6 aliphatic rings. The summed E-state index contributed by atoms with van der Waals surface area (Å²) in [5.41, 5.74) is 9.60. The second kappa shape index (κ2) is 47.9. The van der Waals surface area contributed by atoms with Crippen molar-refractivity contribution < 1.29 is 233 Å². The van der Waals surface area contributed by atoms with Crippen LogP contribution in [0.3, 0.4) is 0 Å². The minimum atomic E-state index is -2.44. The normalized spacial score (nSPS) is 32.7. The summed E-state index contributed by atoms with van der Waals surface area (Å²) < 4.78 is 178. The SMILES string of the molecule is CC(=O)OCC1O[C@H](O[C@@H]2C(COC(C)=O)O[C@H](O[C@@H]3C(COC(C)=O)O[C@H](O[C@@H]4C(COC(C)=O)O[C@H](O[C@@H]5C(COC(C)=O)O[C@H](O[C@@H]6C(COC(C)=O)O[C@H](N=[N+]=[N-])C(OC(C)=O)[C@@H]6OC(C)=O)C(OC(C)=O)[C@@H]5OC(C)=O)C(OC(C)=O)[C@@H]4OC(C)=O)C(OC(C)=O)[C@@H]3OC(C)=O)C(OC(C)=O)[C@@H]2OC(C)=O)C(OC(C)=O)[C@H](OC(C)=O)[C@@H]1OC(C)=O. The third kappa shape index (κ3) is 30.8. The lowest BCUT2D eigenvalue weighted by Crippen LogP contribution is -2.70. The van der Waals surface area contributed by atoms with E-state index in [1.165, 1.54) is 0 Å². The van der Waals surface area contributed by atoms with Crippen molar-refractivity contribution in [1.82, 2.24) is 0 Å². The van der Waals surface area contributed by atoms with Gasteiger partial charge in [-0.1, -0.05) is 5.11 Å². The van der Waals surface area contributed by atoms with E-state index in [0.717, 1.165) is 132 Å². The minimum absolute atomic E-state index is 0.801. The minimum Gasteiger partial charge on any atom is -0.463 e. The summed E-state index contributed by atoms with van der Waals surface area (Å²) in [5, 5.41) is 3.52. The van der Waals surface area contributed by atoms with Gasteiger partial charge < -0.3 is 142 Å². The van der Waals surface area contributed by atoms with Crippen LogP contribution >= 0.6 is 0 Å². The Morgan fingerprint density at radius 3 is 0.516 bits per heavy atom. The zero-order chi connectivity index (χ0) is 94.2. The molecule has 6 fully saturated rings. The maximum absolute atomic E-state index is 13.8. The lowest BCUT2D eigenvalue weighted by molar-refractivity contribution is -0.395. The van der Waals surface area contributed by atoms with Crippen molar-refractivity contribution in [3.8, 4) is 0 Å². The Balaban J connectivity index is 1.55. The number of esters is 19. The highest BCUT2D eigenvalue weighted by molar-refractivity contribution is 5.73. The number of hydrogen-bond acceptors (Lipinski definition) is 50. The van der Waals surface area contributed by atoms with Crippen LogP contribution in [0.1, 0.15) is 132 Å². The van der Waals surface area contributed by atoms with Gasteiger partial charge in [-0.3, -0.25) is 91.1 Å². The first-order valence-electron chi connectivity index (χ1n) is 38.3. The first-order valence-corrected chi connectivity index (χ1v) is 38.3. The van der Waals surface area contributed by atoms with Crippen molar-refractivity contribution >= 4 is 113 Å². The van der Waals surface area contributed by atoms with Crippen molar-refractivity contribution in [2.75, 3.05) is 39.6 Å². The highest BCUT2D eigenvalue weighted by Crippen LogP contribution is 2.43. The van der Waals surface area contributed by atoms with E-state index in [0.29, 0.717) is 0 Å².